The van der Waals surface area contributed by atoms with Crippen molar-refractivity contribution >= 4 is 6.21 Å². The van der Waals surface area contributed by atoms with Crippen LogP contribution < -0.4 is 11.1 Å². The van der Waals surface area contributed by atoms with Gasteiger partial charge >= 0.3 is 0 Å². The van der Waals surface area contributed by atoms with E-state index in [4.69, 9.17) is 11.1 Å². The fraction of sp³-hybridized carbons (Fsp3) is 0.833. The molecule has 54 valence electrons. The molecule has 0 heterocycles. The van der Waals surface area contributed by atoms with Crippen molar-refractivity contribution in [2.24, 2.45) is 5.73 Å². The molecule has 3 heteroatoms. The molecule has 0 amide bonds. The zero-order chi connectivity index (χ0) is 6.95. The summed E-state index contributed by atoms with van der Waals surface area (Å²) in [6.45, 7) is 2.63. The highest BCUT2D eigenvalue weighted by molar-refractivity contribution is 5.52. The minimum Gasteiger partial charge on any atom is -0.330 e. The molecule has 0 bridgehead atoms. The van der Waals surface area contributed by atoms with Crippen molar-refractivity contribution in [1.82, 2.24) is 5.32 Å². The normalized spacial score (nSPS) is 9.44. The molecule has 0 radical (unpaired) electrons. The first-order valence-electron chi connectivity index (χ1n) is 3.31. The zero-order valence-electron chi connectivity index (χ0n) is 5.69. The van der Waals surface area contributed by atoms with Gasteiger partial charge in [0.25, 0.3) is 0 Å². The van der Waals surface area contributed by atoms with Crippen LogP contribution >= 0.6 is 0 Å². The summed E-state index contributed by atoms with van der Waals surface area (Å²) in [6, 6.07) is 0. The minimum absolute atomic E-state index is 0.748. The predicted octanol–water partition coefficient (Wildman–Crippen LogP) is -0.0355. The lowest BCUT2D eigenvalue weighted by Crippen LogP contribution is -2.19. The smallest absolute Gasteiger partial charge is 0.0000498 e. The SMILES string of the molecule is N=CCCNCCCN. The van der Waals surface area contributed by atoms with E-state index >= 15 is 0 Å². The van der Waals surface area contributed by atoms with E-state index in [0.29, 0.717) is 0 Å². The fourth-order valence-corrected chi connectivity index (χ4v) is 0.526. The summed E-state index contributed by atoms with van der Waals surface area (Å²) in [7, 11) is 0. The molecule has 0 rings (SSSR count). The van der Waals surface area contributed by atoms with E-state index in [-0.39, 0.29) is 0 Å². The molecule has 0 aromatic rings. The molecule has 0 aliphatic heterocycles. The van der Waals surface area contributed by atoms with E-state index in [9.17, 15) is 0 Å². The highest BCUT2D eigenvalue weighted by atomic mass is 14.8. The molecular formula is C6H15N3. The van der Waals surface area contributed by atoms with Gasteiger partial charge in [-0.05, 0) is 32.1 Å². The maximum absolute atomic E-state index is 6.69. The Bertz CT molecular complexity index is 63.3. The number of hydrogen-bond acceptors (Lipinski definition) is 3. The molecule has 4 N–H and O–H groups in total. The maximum atomic E-state index is 6.69. The fourth-order valence-electron chi connectivity index (χ4n) is 0.526. The van der Waals surface area contributed by atoms with Crippen LogP contribution in [0.1, 0.15) is 12.8 Å². The number of hydrogen-bond donors (Lipinski definition) is 3. The van der Waals surface area contributed by atoms with Crippen molar-refractivity contribution in [1.29, 1.82) is 5.41 Å². The van der Waals surface area contributed by atoms with Gasteiger partial charge in [-0.25, -0.2) is 0 Å². The molecule has 0 saturated heterocycles. The first kappa shape index (κ1) is 8.59. The van der Waals surface area contributed by atoms with E-state index in [1.165, 1.54) is 6.21 Å². The van der Waals surface area contributed by atoms with E-state index in [1.807, 2.05) is 0 Å². The van der Waals surface area contributed by atoms with Crippen LogP contribution in [0.25, 0.3) is 0 Å². The van der Waals surface area contributed by atoms with Crippen LogP contribution in [0, 0.1) is 5.41 Å². The first-order valence-corrected chi connectivity index (χ1v) is 3.31. The number of rotatable bonds is 6. The molecule has 0 spiro atoms. The van der Waals surface area contributed by atoms with Crippen molar-refractivity contribution < 1.29 is 0 Å². The molecule has 0 aliphatic carbocycles. The van der Waals surface area contributed by atoms with Gasteiger partial charge in [-0.3, -0.25) is 0 Å². The molecule has 9 heavy (non-hydrogen) atoms. The van der Waals surface area contributed by atoms with Gasteiger partial charge in [0.05, 0.1) is 0 Å². The van der Waals surface area contributed by atoms with Crippen LogP contribution in [0.3, 0.4) is 0 Å². The Labute approximate surface area is 56.1 Å². The Hall–Kier alpha value is -0.410. The molecule has 0 aliphatic rings. The van der Waals surface area contributed by atoms with E-state index < -0.39 is 0 Å². The van der Waals surface area contributed by atoms with E-state index in [2.05, 4.69) is 5.32 Å². The summed E-state index contributed by atoms with van der Waals surface area (Å²) in [5, 5.41) is 9.85. The lowest BCUT2D eigenvalue weighted by Gasteiger charge is -1.98. The summed E-state index contributed by atoms with van der Waals surface area (Å²) < 4.78 is 0. The van der Waals surface area contributed by atoms with Gasteiger partial charge in [0.15, 0.2) is 0 Å². The van der Waals surface area contributed by atoms with Crippen LogP contribution in [0.2, 0.25) is 0 Å². The Kier molecular flexibility index (Phi) is 7.24. The van der Waals surface area contributed by atoms with Gasteiger partial charge in [-0.1, -0.05) is 0 Å². The minimum atomic E-state index is 0.748. The molecular weight excluding hydrogens is 114 g/mol. The summed E-state index contributed by atoms with van der Waals surface area (Å²) in [5.41, 5.74) is 5.26. The standard InChI is InChI=1S/C6H15N3/c7-3-1-5-9-6-2-4-8/h3,7,9H,1-2,4-6,8H2. The van der Waals surface area contributed by atoms with Gasteiger partial charge < -0.3 is 16.5 Å². The number of nitrogens with two attached hydrogens (primary N) is 1. The molecule has 0 aromatic heterocycles. The Morgan fingerprint density at radius 3 is 2.78 bits per heavy atom. The van der Waals surface area contributed by atoms with Gasteiger partial charge in [0.2, 0.25) is 0 Å². The van der Waals surface area contributed by atoms with Crippen molar-refractivity contribution in [2.45, 2.75) is 12.8 Å². The third-order valence-corrected chi connectivity index (χ3v) is 1.02. The second kappa shape index (κ2) is 7.59. The Balaban J connectivity index is 2.66. The van der Waals surface area contributed by atoms with Crippen LogP contribution in [0.5, 0.6) is 0 Å². The average molecular weight is 129 g/mol. The second-order valence-electron chi connectivity index (χ2n) is 1.89. The summed E-state index contributed by atoms with van der Waals surface area (Å²) in [4.78, 5) is 0. The highest BCUT2D eigenvalue weighted by Gasteiger charge is 1.82. The second-order valence-corrected chi connectivity index (χ2v) is 1.89. The summed E-state index contributed by atoms with van der Waals surface area (Å²) in [6.07, 6.45) is 3.26. The van der Waals surface area contributed by atoms with Crippen molar-refractivity contribution in [3.63, 3.8) is 0 Å². The van der Waals surface area contributed by atoms with Gasteiger partial charge in [0, 0.05) is 6.54 Å². The molecule has 0 aromatic carbocycles. The molecule has 0 fully saturated rings. The number of nitrogens with one attached hydrogen (secondary N) is 2. The highest BCUT2D eigenvalue weighted by Crippen LogP contribution is 1.71. The monoisotopic (exact) mass is 129 g/mol. The first-order chi connectivity index (χ1) is 4.41. The summed E-state index contributed by atoms with van der Waals surface area (Å²) >= 11 is 0. The Morgan fingerprint density at radius 2 is 2.22 bits per heavy atom. The zero-order valence-corrected chi connectivity index (χ0v) is 5.69. The quantitative estimate of drug-likeness (QED) is 0.348. The molecule has 0 saturated carbocycles. The Morgan fingerprint density at radius 1 is 1.44 bits per heavy atom. The summed E-state index contributed by atoms with van der Waals surface area (Å²) in [5.74, 6) is 0. The van der Waals surface area contributed by atoms with Gasteiger partial charge in [-0.15, -0.1) is 0 Å². The maximum Gasteiger partial charge on any atom is 0.0000498 e. The van der Waals surface area contributed by atoms with Crippen molar-refractivity contribution in [3.8, 4) is 0 Å². The average Bonchev–Trinajstić information content (AvgIpc) is 1.89. The molecule has 0 atom stereocenters. The van der Waals surface area contributed by atoms with E-state index in [0.717, 1.165) is 32.5 Å². The third kappa shape index (κ3) is 7.59. The van der Waals surface area contributed by atoms with Crippen LogP contribution in [0.4, 0.5) is 0 Å². The van der Waals surface area contributed by atoms with Crippen molar-refractivity contribution in [2.75, 3.05) is 19.6 Å². The topological polar surface area (TPSA) is 61.9 Å². The largest absolute Gasteiger partial charge is 0.330 e. The van der Waals surface area contributed by atoms with Gasteiger partial charge in [-0.2, -0.15) is 0 Å². The van der Waals surface area contributed by atoms with Crippen LogP contribution in [0.15, 0.2) is 0 Å². The predicted molar refractivity (Wildman–Crippen MR) is 39.9 cm³/mol. The van der Waals surface area contributed by atoms with Crippen molar-refractivity contribution in [3.05, 3.63) is 0 Å². The van der Waals surface area contributed by atoms with Gasteiger partial charge in [0.1, 0.15) is 0 Å². The molecule has 0 unspecified atom stereocenters. The molecule has 3 nitrogen and oxygen atoms in total. The lowest BCUT2D eigenvalue weighted by molar-refractivity contribution is 0.667. The van der Waals surface area contributed by atoms with E-state index in [1.54, 1.807) is 0 Å². The van der Waals surface area contributed by atoms with Crippen LogP contribution in [-0.4, -0.2) is 25.8 Å². The lowest BCUT2D eigenvalue weighted by atomic mass is 10.4. The third-order valence-electron chi connectivity index (χ3n) is 1.02. The van der Waals surface area contributed by atoms with Crippen LogP contribution in [-0.2, 0) is 0 Å².